The standard InChI is InChI=1S/C15H18N2O/c1-3-11(2)16-15(18)17-14-10-6-8-12-7-4-5-9-13(12)14/h4-11H,3H2,1-2H3,(H2,16,17,18)/t11-/m1/s1. The molecule has 0 radical (unpaired) electrons. The Balaban J connectivity index is 2.19. The summed E-state index contributed by atoms with van der Waals surface area (Å²) in [6.07, 6.45) is 0.920. The number of amides is 2. The van der Waals surface area contributed by atoms with Crippen LogP contribution in [-0.4, -0.2) is 12.1 Å². The molecular formula is C15H18N2O. The molecule has 0 fully saturated rings. The molecular weight excluding hydrogens is 224 g/mol. The molecule has 0 aliphatic carbocycles. The fourth-order valence-electron chi connectivity index (χ4n) is 1.82. The summed E-state index contributed by atoms with van der Waals surface area (Å²) in [5.41, 5.74) is 0.842. The molecule has 0 aromatic heterocycles. The molecule has 2 amide bonds. The second-order valence-corrected chi connectivity index (χ2v) is 4.43. The molecule has 3 nitrogen and oxygen atoms in total. The van der Waals surface area contributed by atoms with Crippen LogP contribution < -0.4 is 10.6 Å². The zero-order valence-corrected chi connectivity index (χ0v) is 10.7. The molecule has 18 heavy (non-hydrogen) atoms. The normalized spacial score (nSPS) is 12.1. The summed E-state index contributed by atoms with van der Waals surface area (Å²) >= 11 is 0. The predicted molar refractivity (Wildman–Crippen MR) is 75.9 cm³/mol. The number of hydrogen-bond donors (Lipinski definition) is 2. The van der Waals surface area contributed by atoms with E-state index in [2.05, 4.69) is 10.6 Å². The van der Waals surface area contributed by atoms with Gasteiger partial charge in [0.1, 0.15) is 0 Å². The van der Waals surface area contributed by atoms with Crippen LogP contribution in [0.15, 0.2) is 42.5 Å². The Labute approximate surface area is 107 Å². The second kappa shape index (κ2) is 5.54. The van der Waals surface area contributed by atoms with Gasteiger partial charge < -0.3 is 10.6 Å². The van der Waals surface area contributed by atoms with Crippen LogP contribution in [0.4, 0.5) is 10.5 Å². The fourth-order valence-corrected chi connectivity index (χ4v) is 1.82. The van der Waals surface area contributed by atoms with Crippen molar-refractivity contribution < 1.29 is 4.79 Å². The molecule has 0 aliphatic heterocycles. The van der Waals surface area contributed by atoms with Crippen molar-refractivity contribution in [2.24, 2.45) is 0 Å². The van der Waals surface area contributed by atoms with E-state index in [9.17, 15) is 4.79 Å². The molecule has 3 heteroatoms. The first-order valence-electron chi connectivity index (χ1n) is 6.26. The Morgan fingerprint density at radius 1 is 1.17 bits per heavy atom. The monoisotopic (exact) mass is 242 g/mol. The largest absolute Gasteiger partial charge is 0.335 e. The summed E-state index contributed by atoms with van der Waals surface area (Å²) in [7, 11) is 0. The van der Waals surface area contributed by atoms with E-state index in [4.69, 9.17) is 0 Å². The highest BCUT2D eigenvalue weighted by molar-refractivity contribution is 6.01. The van der Waals surface area contributed by atoms with E-state index in [0.717, 1.165) is 22.9 Å². The highest BCUT2D eigenvalue weighted by atomic mass is 16.2. The minimum Gasteiger partial charge on any atom is -0.335 e. The van der Waals surface area contributed by atoms with Gasteiger partial charge in [0.15, 0.2) is 0 Å². The van der Waals surface area contributed by atoms with Gasteiger partial charge in [-0.3, -0.25) is 0 Å². The number of benzene rings is 2. The first kappa shape index (κ1) is 12.4. The van der Waals surface area contributed by atoms with Crippen molar-refractivity contribution in [3.63, 3.8) is 0 Å². The average molecular weight is 242 g/mol. The number of hydrogen-bond acceptors (Lipinski definition) is 1. The van der Waals surface area contributed by atoms with Crippen molar-refractivity contribution in [2.75, 3.05) is 5.32 Å². The Morgan fingerprint density at radius 3 is 2.67 bits per heavy atom. The molecule has 94 valence electrons. The SMILES string of the molecule is CC[C@@H](C)NC(=O)Nc1cccc2ccccc12. The van der Waals surface area contributed by atoms with Gasteiger partial charge in [-0.05, 0) is 24.8 Å². The number of anilines is 1. The molecule has 0 saturated heterocycles. The third-order valence-corrected chi connectivity index (χ3v) is 3.03. The van der Waals surface area contributed by atoms with Crippen LogP contribution in [0.25, 0.3) is 10.8 Å². The average Bonchev–Trinajstić information content (AvgIpc) is 2.39. The number of rotatable bonds is 3. The van der Waals surface area contributed by atoms with Crippen LogP contribution in [0.5, 0.6) is 0 Å². The van der Waals surface area contributed by atoms with Gasteiger partial charge in [-0.15, -0.1) is 0 Å². The topological polar surface area (TPSA) is 41.1 Å². The molecule has 0 saturated carbocycles. The zero-order chi connectivity index (χ0) is 13.0. The van der Waals surface area contributed by atoms with Crippen molar-refractivity contribution in [3.05, 3.63) is 42.5 Å². The molecule has 2 N–H and O–H groups in total. The van der Waals surface area contributed by atoms with Crippen molar-refractivity contribution >= 4 is 22.5 Å². The summed E-state index contributed by atoms with van der Waals surface area (Å²) in [4.78, 5) is 11.8. The number of carbonyl (C=O) groups excluding carboxylic acids is 1. The smallest absolute Gasteiger partial charge is 0.319 e. The number of urea groups is 1. The second-order valence-electron chi connectivity index (χ2n) is 4.43. The van der Waals surface area contributed by atoms with Gasteiger partial charge in [-0.25, -0.2) is 4.79 Å². The van der Waals surface area contributed by atoms with Crippen molar-refractivity contribution in [3.8, 4) is 0 Å². The lowest BCUT2D eigenvalue weighted by Crippen LogP contribution is -2.35. The van der Waals surface area contributed by atoms with Crippen molar-refractivity contribution in [2.45, 2.75) is 26.3 Å². The number of nitrogens with one attached hydrogen (secondary N) is 2. The van der Waals surface area contributed by atoms with Crippen LogP contribution >= 0.6 is 0 Å². The van der Waals surface area contributed by atoms with E-state index in [1.54, 1.807) is 0 Å². The van der Waals surface area contributed by atoms with Gasteiger partial charge in [0.2, 0.25) is 0 Å². The Bertz CT molecular complexity index is 546. The van der Waals surface area contributed by atoms with Crippen molar-refractivity contribution in [1.29, 1.82) is 0 Å². The molecule has 0 heterocycles. The number of fused-ring (bicyclic) bond motifs is 1. The van der Waals surface area contributed by atoms with E-state index < -0.39 is 0 Å². The van der Waals surface area contributed by atoms with Gasteiger partial charge in [-0.2, -0.15) is 0 Å². The highest BCUT2D eigenvalue weighted by Gasteiger charge is 2.07. The summed E-state index contributed by atoms with van der Waals surface area (Å²) in [6, 6.07) is 13.9. The van der Waals surface area contributed by atoms with Crippen LogP contribution in [0.3, 0.4) is 0 Å². The van der Waals surface area contributed by atoms with Crippen LogP contribution in [0.1, 0.15) is 20.3 Å². The summed E-state index contributed by atoms with van der Waals surface area (Å²) in [6.45, 7) is 4.03. The first-order chi connectivity index (χ1) is 8.70. The lowest BCUT2D eigenvalue weighted by molar-refractivity contribution is 0.249. The third kappa shape index (κ3) is 2.80. The van der Waals surface area contributed by atoms with E-state index in [1.807, 2.05) is 56.3 Å². The molecule has 0 spiro atoms. The van der Waals surface area contributed by atoms with Gasteiger partial charge in [0.25, 0.3) is 0 Å². The summed E-state index contributed by atoms with van der Waals surface area (Å²) < 4.78 is 0. The maximum absolute atomic E-state index is 11.8. The molecule has 1 atom stereocenters. The molecule has 0 aliphatic rings. The first-order valence-corrected chi connectivity index (χ1v) is 6.26. The van der Waals surface area contributed by atoms with Crippen molar-refractivity contribution in [1.82, 2.24) is 5.32 Å². The van der Waals surface area contributed by atoms with E-state index >= 15 is 0 Å². The van der Waals surface area contributed by atoms with Crippen LogP contribution in [0, 0.1) is 0 Å². The molecule has 2 aromatic rings. The van der Waals surface area contributed by atoms with E-state index in [0.29, 0.717) is 0 Å². The van der Waals surface area contributed by atoms with E-state index in [-0.39, 0.29) is 12.1 Å². The molecule has 2 aromatic carbocycles. The minimum absolute atomic E-state index is 0.152. The lowest BCUT2D eigenvalue weighted by Gasteiger charge is -2.13. The maximum Gasteiger partial charge on any atom is 0.319 e. The Kier molecular flexibility index (Phi) is 3.82. The minimum atomic E-state index is -0.152. The summed E-state index contributed by atoms with van der Waals surface area (Å²) in [5, 5.41) is 7.97. The summed E-state index contributed by atoms with van der Waals surface area (Å²) in [5.74, 6) is 0. The van der Waals surface area contributed by atoms with E-state index in [1.165, 1.54) is 0 Å². The van der Waals surface area contributed by atoms with Gasteiger partial charge in [0, 0.05) is 11.4 Å². The predicted octanol–water partition coefficient (Wildman–Crippen LogP) is 3.76. The fraction of sp³-hybridized carbons (Fsp3) is 0.267. The van der Waals surface area contributed by atoms with Gasteiger partial charge in [-0.1, -0.05) is 43.3 Å². The zero-order valence-electron chi connectivity index (χ0n) is 10.7. The molecule has 2 rings (SSSR count). The highest BCUT2D eigenvalue weighted by Crippen LogP contribution is 2.22. The van der Waals surface area contributed by atoms with Gasteiger partial charge in [0.05, 0.1) is 5.69 Å². The molecule has 0 bridgehead atoms. The number of carbonyl (C=O) groups is 1. The Morgan fingerprint density at radius 2 is 1.89 bits per heavy atom. The maximum atomic E-state index is 11.8. The third-order valence-electron chi connectivity index (χ3n) is 3.03. The Hall–Kier alpha value is -2.03. The van der Waals surface area contributed by atoms with Crippen LogP contribution in [0.2, 0.25) is 0 Å². The van der Waals surface area contributed by atoms with Gasteiger partial charge >= 0.3 is 6.03 Å². The molecule has 0 unspecified atom stereocenters. The quantitative estimate of drug-likeness (QED) is 0.845. The lowest BCUT2D eigenvalue weighted by atomic mass is 10.1. The van der Waals surface area contributed by atoms with Crippen LogP contribution in [-0.2, 0) is 0 Å².